The Hall–Kier alpha value is -4.14. The summed E-state index contributed by atoms with van der Waals surface area (Å²) in [6.07, 6.45) is 1.93. The van der Waals surface area contributed by atoms with Gasteiger partial charge in [0.2, 0.25) is 5.91 Å². The van der Waals surface area contributed by atoms with Crippen LogP contribution in [0.25, 0.3) is 16.9 Å². The van der Waals surface area contributed by atoms with Crippen LogP contribution in [0.15, 0.2) is 36.5 Å². The minimum atomic E-state index is -0.475. The summed E-state index contributed by atoms with van der Waals surface area (Å²) in [6.45, 7) is 5.66. The van der Waals surface area contributed by atoms with E-state index < -0.39 is 5.91 Å². The molecule has 4 rings (SSSR count). The Morgan fingerprint density at radius 1 is 1.17 bits per heavy atom. The van der Waals surface area contributed by atoms with Crippen LogP contribution in [-0.2, 0) is 20.9 Å². The largest absolute Gasteiger partial charge is 0.507 e. The van der Waals surface area contributed by atoms with E-state index in [0.717, 1.165) is 30.0 Å². The average molecular weight is 492 g/mol. The first-order chi connectivity index (χ1) is 17.5. The number of aromatic hydroxyl groups is 1. The highest BCUT2D eigenvalue weighted by atomic mass is 16.5. The molecule has 0 radical (unpaired) electrons. The van der Waals surface area contributed by atoms with E-state index in [9.17, 15) is 14.7 Å². The third-order valence-electron chi connectivity index (χ3n) is 5.56. The highest BCUT2D eigenvalue weighted by Crippen LogP contribution is 2.30. The lowest BCUT2D eigenvalue weighted by Crippen LogP contribution is -2.39. The van der Waals surface area contributed by atoms with E-state index in [1.54, 1.807) is 29.6 Å². The number of hydrogen-bond donors (Lipinski definition) is 4. The zero-order chi connectivity index (χ0) is 25.3. The Kier molecular flexibility index (Phi) is 8.33. The zero-order valence-corrected chi connectivity index (χ0v) is 20.1. The van der Waals surface area contributed by atoms with Gasteiger partial charge in [0, 0.05) is 38.9 Å². The molecule has 2 amide bonds. The van der Waals surface area contributed by atoms with Crippen molar-refractivity contribution in [3.8, 4) is 29.0 Å². The zero-order valence-electron chi connectivity index (χ0n) is 20.1. The molecule has 3 heterocycles. The second-order valence-corrected chi connectivity index (χ2v) is 8.14. The molecular formula is C25H29N7O4. The molecule has 188 valence electrons. The molecule has 1 fully saturated rings. The maximum atomic E-state index is 11.8. The van der Waals surface area contributed by atoms with Gasteiger partial charge in [-0.3, -0.25) is 9.59 Å². The minimum absolute atomic E-state index is 0.110. The van der Waals surface area contributed by atoms with Crippen LogP contribution in [0.1, 0.15) is 12.5 Å². The van der Waals surface area contributed by atoms with Gasteiger partial charge in [-0.1, -0.05) is 18.1 Å². The molecule has 1 aromatic carbocycles. The first kappa shape index (κ1) is 25.0. The highest BCUT2D eigenvalue weighted by molar-refractivity contribution is 5.95. The van der Waals surface area contributed by atoms with Gasteiger partial charge in [-0.2, -0.15) is 0 Å². The maximum absolute atomic E-state index is 11.8. The summed E-state index contributed by atoms with van der Waals surface area (Å²) in [6, 6.07) is 9.05. The fourth-order valence-electron chi connectivity index (χ4n) is 3.82. The van der Waals surface area contributed by atoms with Crippen molar-refractivity contribution in [1.82, 2.24) is 30.5 Å². The fourth-order valence-corrected chi connectivity index (χ4v) is 3.82. The lowest BCUT2D eigenvalue weighted by molar-refractivity contribution is -0.123. The predicted molar refractivity (Wildman–Crippen MR) is 134 cm³/mol. The molecular weight excluding hydrogens is 462 g/mol. The van der Waals surface area contributed by atoms with Crippen LogP contribution in [0.3, 0.4) is 0 Å². The van der Waals surface area contributed by atoms with E-state index in [1.165, 1.54) is 0 Å². The van der Waals surface area contributed by atoms with Crippen molar-refractivity contribution < 1.29 is 19.4 Å². The normalized spacial score (nSPS) is 13.2. The summed E-state index contributed by atoms with van der Waals surface area (Å²) in [4.78, 5) is 30.1. The van der Waals surface area contributed by atoms with Crippen LogP contribution >= 0.6 is 0 Å². The number of nitrogens with zero attached hydrogens (tertiary/aromatic N) is 4. The molecule has 0 atom stereocenters. The Labute approximate surface area is 208 Å². The predicted octanol–water partition coefficient (Wildman–Crippen LogP) is 0.284. The van der Waals surface area contributed by atoms with Gasteiger partial charge in [-0.05, 0) is 36.6 Å². The molecule has 4 N–H and O–H groups in total. The first-order valence-corrected chi connectivity index (χ1v) is 11.7. The second kappa shape index (κ2) is 12.0. The van der Waals surface area contributed by atoms with E-state index in [-0.39, 0.29) is 18.2 Å². The summed E-state index contributed by atoms with van der Waals surface area (Å²) in [7, 11) is 0. The smallest absolute Gasteiger partial charge is 0.296 e. The SMILES string of the molecule is CC#CC(=O)NCC(=O)NCCNCc1cc2c(N3CCOCC3)nc(-c3ccccc3O)nn2c1. The molecule has 1 aliphatic heterocycles. The molecule has 11 heteroatoms. The van der Waals surface area contributed by atoms with Gasteiger partial charge in [-0.15, -0.1) is 5.10 Å². The van der Waals surface area contributed by atoms with Crippen LogP contribution in [0, 0.1) is 11.8 Å². The molecule has 0 aliphatic carbocycles. The van der Waals surface area contributed by atoms with Crippen LogP contribution in [0.2, 0.25) is 0 Å². The third kappa shape index (κ3) is 6.29. The minimum Gasteiger partial charge on any atom is -0.507 e. The monoisotopic (exact) mass is 491 g/mol. The van der Waals surface area contributed by atoms with E-state index in [0.29, 0.717) is 44.2 Å². The quantitative estimate of drug-likeness (QED) is 0.248. The Bertz CT molecular complexity index is 1290. The molecule has 2 aromatic heterocycles. The van der Waals surface area contributed by atoms with E-state index in [1.807, 2.05) is 18.3 Å². The molecule has 0 unspecified atom stereocenters. The van der Waals surface area contributed by atoms with Crippen LogP contribution < -0.4 is 20.9 Å². The number of morpholine rings is 1. The van der Waals surface area contributed by atoms with E-state index in [2.05, 4.69) is 37.8 Å². The fraction of sp³-hybridized carbons (Fsp3) is 0.360. The number of phenolic OH excluding ortho intramolecular Hbond substituents is 1. The van der Waals surface area contributed by atoms with Crippen molar-refractivity contribution >= 4 is 23.1 Å². The van der Waals surface area contributed by atoms with Gasteiger partial charge >= 0.3 is 0 Å². The molecule has 11 nitrogen and oxygen atoms in total. The Morgan fingerprint density at radius 2 is 1.97 bits per heavy atom. The van der Waals surface area contributed by atoms with E-state index in [4.69, 9.17) is 9.72 Å². The lowest BCUT2D eigenvalue weighted by Gasteiger charge is -2.28. The summed E-state index contributed by atoms with van der Waals surface area (Å²) >= 11 is 0. The van der Waals surface area contributed by atoms with Gasteiger partial charge < -0.3 is 30.7 Å². The average Bonchev–Trinajstić information content (AvgIpc) is 3.30. The Balaban J connectivity index is 1.41. The molecule has 1 saturated heterocycles. The van der Waals surface area contributed by atoms with Crippen molar-refractivity contribution in [2.45, 2.75) is 13.5 Å². The van der Waals surface area contributed by atoms with Crippen LogP contribution in [-0.4, -0.2) is 77.5 Å². The number of rotatable bonds is 9. The molecule has 0 saturated carbocycles. The number of fused-ring (bicyclic) bond motifs is 1. The number of hydrogen-bond acceptors (Lipinski definition) is 8. The first-order valence-electron chi connectivity index (χ1n) is 11.7. The van der Waals surface area contributed by atoms with Crippen LogP contribution in [0.5, 0.6) is 5.75 Å². The van der Waals surface area contributed by atoms with Crippen molar-refractivity contribution in [2.75, 3.05) is 50.8 Å². The number of anilines is 1. The molecule has 0 spiro atoms. The van der Waals surface area contributed by atoms with Gasteiger partial charge in [0.1, 0.15) is 11.3 Å². The van der Waals surface area contributed by atoms with Gasteiger partial charge in [-0.25, -0.2) is 9.50 Å². The number of carbonyl (C=O) groups is 2. The summed E-state index contributed by atoms with van der Waals surface area (Å²) in [5.74, 6) is 5.40. The number of benzene rings is 1. The number of phenols is 1. The summed E-state index contributed by atoms with van der Waals surface area (Å²) in [5, 5.41) is 23.5. The van der Waals surface area contributed by atoms with Crippen molar-refractivity contribution in [1.29, 1.82) is 0 Å². The van der Waals surface area contributed by atoms with Crippen molar-refractivity contribution in [2.24, 2.45) is 0 Å². The van der Waals surface area contributed by atoms with Gasteiger partial charge in [0.25, 0.3) is 5.91 Å². The second-order valence-electron chi connectivity index (χ2n) is 8.14. The maximum Gasteiger partial charge on any atom is 0.296 e. The standard InChI is InChI=1S/C25H29N7O4/c1-2-5-22(34)28-16-23(35)27-9-8-26-15-18-14-20-25(31-10-12-36-13-11-31)29-24(30-32(20)17-18)19-6-3-4-7-21(19)33/h3-4,6-7,14,17,26,33H,8-13,15-16H2,1H3,(H,27,35)(H,28,34). The third-order valence-corrected chi connectivity index (χ3v) is 5.56. The van der Waals surface area contributed by atoms with E-state index >= 15 is 0 Å². The molecule has 3 aromatic rings. The molecule has 1 aliphatic rings. The lowest BCUT2D eigenvalue weighted by atomic mass is 10.2. The number of ether oxygens (including phenoxy) is 1. The number of carbonyl (C=O) groups excluding carboxylic acids is 2. The van der Waals surface area contributed by atoms with Crippen molar-refractivity contribution in [3.05, 3.63) is 42.1 Å². The topological polar surface area (TPSA) is 133 Å². The molecule has 36 heavy (non-hydrogen) atoms. The van der Waals surface area contributed by atoms with Crippen molar-refractivity contribution in [3.63, 3.8) is 0 Å². The molecule has 0 bridgehead atoms. The number of amides is 2. The summed E-state index contributed by atoms with van der Waals surface area (Å²) < 4.78 is 7.30. The summed E-state index contributed by atoms with van der Waals surface area (Å²) in [5.41, 5.74) is 2.44. The number of para-hydroxylation sites is 1. The van der Waals surface area contributed by atoms with Gasteiger partial charge in [0.15, 0.2) is 11.6 Å². The highest BCUT2D eigenvalue weighted by Gasteiger charge is 2.20. The number of aromatic nitrogens is 3. The van der Waals surface area contributed by atoms with Gasteiger partial charge in [0.05, 0.1) is 25.3 Å². The van der Waals surface area contributed by atoms with Crippen LogP contribution in [0.4, 0.5) is 5.82 Å². The Morgan fingerprint density at radius 3 is 2.75 bits per heavy atom. The number of nitrogens with one attached hydrogen (secondary N) is 3.